The van der Waals surface area contributed by atoms with Gasteiger partial charge in [-0.1, -0.05) is 42.0 Å². The molecule has 2 aromatic carbocycles. The third kappa shape index (κ3) is 4.92. The highest BCUT2D eigenvalue weighted by Crippen LogP contribution is 2.22. The van der Waals surface area contributed by atoms with E-state index in [0.29, 0.717) is 6.54 Å². The normalized spacial score (nSPS) is 10.4. The first-order chi connectivity index (χ1) is 11.8. The van der Waals surface area contributed by atoms with Gasteiger partial charge in [0.25, 0.3) is 0 Å². The predicted octanol–water partition coefficient (Wildman–Crippen LogP) is 3.91. The van der Waals surface area contributed by atoms with Gasteiger partial charge >= 0.3 is 0 Å². The van der Waals surface area contributed by atoms with Crippen molar-refractivity contribution in [3.63, 3.8) is 0 Å². The maximum absolute atomic E-state index is 12.5. The van der Waals surface area contributed by atoms with Gasteiger partial charge in [-0.3, -0.25) is 9.59 Å². The lowest BCUT2D eigenvalue weighted by molar-refractivity contribution is -0.133. The number of carbonyl (C=O) groups excluding carboxylic acids is 2. The minimum atomic E-state index is -0.182. The molecule has 0 heterocycles. The van der Waals surface area contributed by atoms with Crippen molar-refractivity contribution in [2.75, 3.05) is 11.9 Å². The minimum Gasteiger partial charge on any atom is -0.329 e. The molecule has 0 aliphatic carbocycles. The molecule has 132 valence electrons. The summed E-state index contributed by atoms with van der Waals surface area (Å²) in [5.41, 5.74) is 6.21. The van der Waals surface area contributed by atoms with Crippen LogP contribution in [0.4, 0.5) is 5.69 Å². The average Bonchev–Trinajstić information content (AvgIpc) is 2.52. The summed E-state index contributed by atoms with van der Waals surface area (Å²) in [5, 5.41) is 2.96. The van der Waals surface area contributed by atoms with Gasteiger partial charge in [-0.15, -0.1) is 0 Å². The number of anilines is 1. The van der Waals surface area contributed by atoms with Crippen molar-refractivity contribution in [2.45, 2.75) is 41.2 Å². The SMILES string of the molecule is CC(=O)N(CC(=O)Nc1c(C)cc(C)cc1C)Cc1ccccc1C. The van der Waals surface area contributed by atoms with E-state index in [1.807, 2.05) is 64.1 Å². The molecule has 1 N–H and O–H groups in total. The molecule has 25 heavy (non-hydrogen) atoms. The molecule has 0 saturated carbocycles. The highest BCUT2D eigenvalue weighted by Gasteiger charge is 2.16. The quantitative estimate of drug-likeness (QED) is 0.898. The molecule has 4 nitrogen and oxygen atoms in total. The Hall–Kier alpha value is -2.62. The zero-order chi connectivity index (χ0) is 18.6. The molecule has 0 unspecified atom stereocenters. The number of hydrogen-bond donors (Lipinski definition) is 1. The van der Waals surface area contributed by atoms with Crippen LogP contribution in [0.15, 0.2) is 36.4 Å². The minimum absolute atomic E-state index is 0.0381. The van der Waals surface area contributed by atoms with Crippen LogP contribution in [-0.2, 0) is 16.1 Å². The van der Waals surface area contributed by atoms with Gasteiger partial charge in [0.05, 0.1) is 0 Å². The van der Waals surface area contributed by atoms with E-state index < -0.39 is 0 Å². The van der Waals surface area contributed by atoms with E-state index in [0.717, 1.165) is 33.5 Å². The van der Waals surface area contributed by atoms with E-state index in [1.54, 1.807) is 4.90 Å². The molecule has 0 bridgehead atoms. The number of carbonyl (C=O) groups is 2. The zero-order valence-corrected chi connectivity index (χ0v) is 15.6. The lowest BCUT2D eigenvalue weighted by Crippen LogP contribution is -2.36. The number of nitrogens with one attached hydrogen (secondary N) is 1. The largest absolute Gasteiger partial charge is 0.329 e. The van der Waals surface area contributed by atoms with Crippen molar-refractivity contribution in [1.29, 1.82) is 0 Å². The molecular formula is C21H26N2O2. The maximum Gasteiger partial charge on any atom is 0.244 e. The summed E-state index contributed by atoms with van der Waals surface area (Å²) in [6.07, 6.45) is 0. The Morgan fingerprint density at radius 3 is 2.12 bits per heavy atom. The van der Waals surface area contributed by atoms with Crippen molar-refractivity contribution in [3.05, 3.63) is 64.2 Å². The standard InChI is InChI=1S/C21H26N2O2/c1-14-10-16(3)21(17(4)11-14)22-20(25)13-23(18(5)24)12-19-9-7-6-8-15(19)2/h6-11H,12-13H2,1-5H3,(H,22,25). The van der Waals surface area contributed by atoms with E-state index in [-0.39, 0.29) is 18.4 Å². The lowest BCUT2D eigenvalue weighted by Gasteiger charge is -2.22. The first kappa shape index (κ1) is 18.7. The molecule has 0 aliphatic rings. The average molecular weight is 338 g/mol. The molecule has 4 heteroatoms. The highest BCUT2D eigenvalue weighted by molar-refractivity contribution is 5.95. The Kier molecular flexibility index (Phi) is 5.97. The van der Waals surface area contributed by atoms with Crippen LogP contribution in [0, 0.1) is 27.7 Å². The second-order valence-corrected chi connectivity index (χ2v) is 6.62. The Bertz CT molecular complexity index is 773. The van der Waals surface area contributed by atoms with Crippen LogP contribution in [0.2, 0.25) is 0 Å². The first-order valence-electron chi connectivity index (χ1n) is 8.45. The van der Waals surface area contributed by atoms with E-state index in [4.69, 9.17) is 0 Å². The zero-order valence-electron chi connectivity index (χ0n) is 15.6. The lowest BCUT2D eigenvalue weighted by atomic mass is 10.1. The molecule has 0 spiro atoms. The van der Waals surface area contributed by atoms with Gasteiger partial charge in [-0.05, 0) is 49.9 Å². The molecule has 2 amide bonds. The summed E-state index contributed by atoms with van der Waals surface area (Å²) in [6.45, 7) is 9.96. The van der Waals surface area contributed by atoms with Gasteiger partial charge < -0.3 is 10.2 Å². The van der Waals surface area contributed by atoms with Crippen LogP contribution < -0.4 is 5.32 Å². The molecule has 2 aromatic rings. The van der Waals surface area contributed by atoms with Gasteiger partial charge in [0.15, 0.2) is 0 Å². The van der Waals surface area contributed by atoms with Crippen molar-refractivity contribution in [3.8, 4) is 0 Å². The van der Waals surface area contributed by atoms with Crippen molar-refractivity contribution in [1.82, 2.24) is 4.90 Å². The Morgan fingerprint density at radius 1 is 0.960 bits per heavy atom. The van der Waals surface area contributed by atoms with E-state index in [1.165, 1.54) is 6.92 Å². The molecule has 0 atom stereocenters. The topological polar surface area (TPSA) is 49.4 Å². The van der Waals surface area contributed by atoms with Crippen molar-refractivity contribution < 1.29 is 9.59 Å². The van der Waals surface area contributed by atoms with Crippen molar-refractivity contribution >= 4 is 17.5 Å². The number of rotatable bonds is 5. The number of nitrogens with zero attached hydrogens (tertiary/aromatic N) is 1. The Balaban J connectivity index is 2.11. The van der Waals surface area contributed by atoms with Crippen LogP contribution in [0.1, 0.15) is 34.7 Å². The molecule has 0 aliphatic heterocycles. The fourth-order valence-corrected chi connectivity index (χ4v) is 3.00. The van der Waals surface area contributed by atoms with E-state index >= 15 is 0 Å². The summed E-state index contributed by atoms with van der Waals surface area (Å²) in [5.74, 6) is -0.297. The summed E-state index contributed by atoms with van der Waals surface area (Å²) in [4.78, 5) is 26.0. The van der Waals surface area contributed by atoms with Crippen LogP contribution in [0.3, 0.4) is 0 Å². The summed E-state index contributed by atoms with van der Waals surface area (Å²) in [7, 11) is 0. The number of benzene rings is 2. The third-order valence-electron chi connectivity index (χ3n) is 4.34. The highest BCUT2D eigenvalue weighted by atomic mass is 16.2. The summed E-state index contributed by atoms with van der Waals surface area (Å²) < 4.78 is 0. The molecule has 0 fully saturated rings. The number of aryl methyl sites for hydroxylation is 4. The number of amides is 2. The summed E-state index contributed by atoms with van der Waals surface area (Å²) in [6, 6.07) is 12.0. The smallest absolute Gasteiger partial charge is 0.244 e. The molecule has 0 saturated heterocycles. The summed E-state index contributed by atoms with van der Waals surface area (Å²) >= 11 is 0. The Morgan fingerprint density at radius 2 is 1.56 bits per heavy atom. The van der Waals surface area contributed by atoms with Gasteiger partial charge in [0.1, 0.15) is 6.54 Å². The first-order valence-corrected chi connectivity index (χ1v) is 8.45. The number of hydrogen-bond acceptors (Lipinski definition) is 2. The maximum atomic E-state index is 12.5. The molecule has 0 radical (unpaired) electrons. The van der Waals surface area contributed by atoms with Crippen LogP contribution in [0.5, 0.6) is 0 Å². The van der Waals surface area contributed by atoms with Gasteiger partial charge in [0.2, 0.25) is 11.8 Å². The molecule has 0 aromatic heterocycles. The van der Waals surface area contributed by atoms with Crippen LogP contribution in [0.25, 0.3) is 0 Å². The predicted molar refractivity (Wildman–Crippen MR) is 102 cm³/mol. The van der Waals surface area contributed by atoms with Crippen LogP contribution >= 0.6 is 0 Å². The fraction of sp³-hybridized carbons (Fsp3) is 0.333. The molecule has 2 rings (SSSR count). The van der Waals surface area contributed by atoms with E-state index in [2.05, 4.69) is 5.32 Å². The Labute approximate surface area is 149 Å². The van der Waals surface area contributed by atoms with E-state index in [9.17, 15) is 9.59 Å². The fourth-order valence-electron chi connectivity index (χ4n) is 3.00. The van der Waals surface area contributed by atoms with Gasteiger partial charge in [-0.25, -0.2) is 0 Å². The van der Waals surface area contributed by atoms with Crippen molar-refractivity contribution in [2.24, 2.45) is 0 Å². The monoisotopic (exact) mass is 338 g/mol. The van der Waals surface area contributed by atoms with Gasteiger partial charge in [-0.2, -0.15) is 0 Å². The second-order valence-electron chi connectivity index (χ2n) is 6.62. The van der Waals surface area contributed by atoms with Gasteiger partial charge in [0, 0.05) is 19.2 Å². The molecular weight excluding hydrogens is 312 g/mol. The third-order valence-corrected chi connectivity index (χ3v) is 4.34. The second kappa shape index (κ2) is 7.97. The van der Waals surface area contributed by atoms with Crippen LogP contribution in [-0.4, -0.2) is 23.3 Å².